The van der Waals surface area contributed by atoms with Gasteiger partial charge in [-0.2, -0.15) is 0 Å². The van der Waals surface area contributed by atoms with Crippen molar-refractivity contribution in [1.82, 2.24) is 0 Å². The Hall–Kier alpha value is 0.440. The van der Waals surface area contributed by atoms with Crippen molar-refractivity contribution >= 4 is 19.6 Å². The first-order valence-electron chi connectivity index (χ1n) is 3.63. The molecule has 0 rings (SSSR count). The molecule has 0 heterocycles. The van der Waals surface area contributed by atoms with E-state index in [1.807, 2.05) is 6.92 Å². The van der Waals surface area contributed by atoms with Crippen molar-refractivity contribution in [3.05, 3.63) is 0 Å². The highest BCUT2D eigenvalue weighted by atomic mass is 35.5. The maximum absolute atomic E-state index is 10.9. The monoisotopic (exact) mass is 200 g/mol. The molecule has 0 radical (unpaired) electrons. The normalized spacial score (nSPS) is 16.3. The molecule has 2 unspecified atom stereocenters. The van der Waals surface area contributed by atoms with Crippen LogP contribution in [0, 0.1) is 0 Å². The van der Waals surface area contributed by atoms with Gasteiger partial charge < -0.3 is 9.63 Å². The fraction of sp³-hybridized carbons (Fsp3) is 1.00. The number of rotatable bonds is 6. The lowest BCUT2D eigenvalue weighted by molar-refractivity contribution is 0.233. The van der Waals surface area contributed by atoms with E-state index in [1.165, 1.54) is 0 Å². The van der Waals surface area contributed by atoms with Crippen LogP contribution in [-0.2, 0) is 9.09 Å². The highest BCUT2D eigenvalue weighted by Crippen LogP contribution is 2.28. The second kappa shape index (κ2) is 7.11. The second-order valence-electron chi connectivity index (χ2n) is 2.19. The summed E-state index contributed by atoms with van der Waals surface area (Å²) in [5.74, 6) is -1.01. The first-order valence-corrected chi connectivity index (χ1v) is 5.55. The Labute approximate surface area is 72.6 Å². The van der Waals surface area contributed by atoms with Gasteiger partial charge in [-0.05, 0) is 6.42 Å². The third-order valence-corrected chi connectivity index (χ3v) is 2.95. The average Bonchev–Trinajstić information content (AvgIpc) is 2.03. The average molecular weight is 201 g/mol. The number of hydrogen-bond acceptors (Lipinski definition) is 3. The number of halogens is 1. The van der Waals surface area contributed by atoms with E-state index in [0.717, 1.165) is 12.8 Å². The van der Waals surface area contributed by atoms with Crippen molar-refractivity contribution in [1.29, 1.82) is 0 Å². The molecule has 0 aliphatic rings. The van der Waals surface area contributed by atoms with Crippen LogP contribution in [0.25, 0.3) is 0 Å². The molecule has 1 N–H and O–H groups in total. The minimum absolute atomic E-state index is 0.0239. The standard InChI is InChI=1S/C6H14ClO3P/c1-2-3-4-10-11(9)6(8)5-7/h6,8,11H,2-5H2,1H3. The summed E-state index contributed by atoms with van der Waals surface area (Å²) >= 11 is 5.26. The molecule has 0 saturated carbocycles. The predicted molar refractivity (Wildman–Crippen MR) is 46.6 cm³/mol. The van der Waals surface area contributed by atoms with Gasteiger partial charge in [0.05, 0.1) is 12.5 Å². The third kappa shape index (κ3) is 5.68. The molecule has 0 aromatic carbocycles. The summed E-state index contributed by atoms with van der Waals surface area (Å²) in [6.07, 6.45) is 1.86. The van der Waals surface area contributed by atoms with Crippen LogP contribution in [0.4, 0.5) is 0 Å². The molecule has 0 aliphatic heterocycles. The fourth-order valence-electron chi connectivity index (χ4n) is 0.476. The molecule has 0 aromatic rings. The number of alkyl halides is 1. The minimum Gasteiger partial charge on any atom is -0.382 e. The van der Waals surface area contributed by atoms with Crippen molar-refractivity contribution in [2.75, 3.05) is 12.5 Å². The lowest BCUT2D eigenvalue weighted by Crippen LogP contribution is -2.03. The van der Waals surface area contributed by atoms with Gasteiger partial charge in [0.15, 0.2) is 0 Å². The van der Waals surface area contributed by atoms with Gasteiger partial charge in [-0.1, -0.05) is 13.3 Å². The summed E-state index contributed by atoms with van der Waals surface area (Å²) in [4.78, 5) is 0. The Morgan fingerprint density at radius 1 is 1.73 bits per heavy atom. The second-order valence-corrected chi connectivity index (χ2v) is 4.09. The van der Waals surface area contributed by atoms with E-state index in [0.29, 0.717) is 6.61 Å². The van der Waals surface area contributed by atoms with Crippen LogP contribution >= 0.6 is 19.6 Å². The number of aliphatic hydroxyl groups excluding tert-OH is 1. The first-order chi connectivity index (χ1) is 5.22. The highest BCUT2D eigenvalue weighted by molar-refractivity contribution is 7.39. The number of unbranched alkanes of at least 4 members (excludes halogenated alkanes) is 1. The molecule has 5 heteroatoms. The summed E-state index contributed by atoms with van der Waals surface area (Å²) in [6.45, 7) is 2.46. The molecule has 0 aliphatic carbocycles. The Morgan fingerprint density at radius 3 is 2.82 bits per heavy atom. The molecule has 0 amide bonds. The van der Waals surface area contributed by atoms with E-state index in [9.17, 15) is 4.57 Å². The van der Waals surface area contributed by atoms with Crippen molar-refractivity contribution in [2.24, 2.45) is 0 Å². The van der Waals surface area contributed by atoms with E-state index in [2.05, 4.69) is 0 Å². The van der Waals surface area contributed by atoms with Crippen molar-refractivity contribution < 1.29 is 14.2 Å². The summed E-state index contributed by atoms with van der Waals surface area (Å²) in [5, 5.41) is 8.90. The highest BCUT2D eigenvalue weighted by Gasteiger charge is 2.10. The van der Waals surface area contributed by atoms with Crippen LogP contribution in [0.1, 0.15) is 19.8 Å². The summed E-state index contributed by atoms with van der Waals surface area (Å²) in [6, 6.07) is 0. The maximum Gasteiger partial charge on any atom is 0.220 e. The van der Waals surface area contributed by atoms with E-state index in [-0.39, 0.29) is 5.88 Å². The predicted octanol–water partition coefficient (Wildman–Crippen LogP) is 1.83. The van der Waals surface area contributed by atoms with Gasteiger partial charge >= 0.3 is 0 Å². The largest absolute Gasteiger partial charge is 0.382 e. The Balaban J connectivity index is 3.36. The summed E-state index contributed by atoms with van der Waals surface area (Å²) in [5.41, 5.74) is 0. The minimum atomic E-state index is -2.32. The lowest BCUT2D eigenvalue weighted by Gasteiger charge is -2.06. The molecule has 0 spiro atoms. The zero-order chi connectivity index (χ0) is 8.69. The van der Waals surface area contributed by atoms with Gasteiger partial charge in [-0.3, -0.25) is 4.57 Å². The molecule has 68 valence electrons. The Morgan fingerprint density at radius 2 is 2.36 bits per heavy atom. The number of hydrogen-bond donors (Lipinski definition) is 1. The molecule has 0 fully saturated rings. The summed E-state index contributed by atoms with van der Waals surface area (Å²) in [7, 11) is -2.32. The topological polar surface area (TPSA) is 46.5 Å². The molecule has 0 aromatic heterocycles. The van der Waals surface area contributed by atoms with Crippen LogP contribution in [0.5, 0.6) is 0 Å². The van der Waals surface area contributed by atoms with Crippen LogP contribution in [0.2, 0.25) is 0 Å². The molecule has 0 bridgehead atoms. The maximum atomic E-state index is 10.9. The van der Waals surface area contributed by atoms with Gasteiger partial charge in [0.1, 0.15) is 5.85 Å². The van der Waals surface area contributed by atoms with E-state index < -0.39 is 13.9 Å². The van der Waals surface area contributed by atoms with Crippen molar-refractivity contribution in [2.45, 2.75) is 25.6 Å². The van der Waals surface area contributed by atoms with E-state index in [4.69, 9.17) is 21.2 Å². The Bertz CT molecular complexity index is 120. The molecular formula is C6H14ClO3P. The van der Waals surface area contributed by atoms with Crippen LogP contribution in [-0.4, -0.2) is 23.4 Å². The van der Waals surface area contributed by atoms with Crippen LogP contribution < -0.4 is 0 Å². The number of aliphatic hydroxyl groups is 1. The van der Waals surface area contributed by atoms with Gasteiger partial charge in [0.2, 0.25) is 8.03 Å². The Kier molecular flexibility index (Phi) is 7.39. The summed E-state index contributed by atoms with van der Waals surface area (Å²) < 4.78 is 15.7. The molecule has 0 saturated heterocycles. The van der Waals surface area contributed by atoms with E-state index >= 15 is 0 Å². The van der Waals surface area contributed by atoms with Crippen LogP contribution in [0.3, 0.4) is 0 Å². The van der Waals surface area contributed by atoms with Gasteiger partial charge in [-0.25, -0.2) is 0 Å². The van der Waals surface area contributed by atoms with Crippen LogP contribution in [0.15, 0.2) is 0 Å². The lowest BCUT2D eigenvalue weighted by atomic mass is 10.4. The molecule has 3 nitrogen and oxygen atoms in total. The van der Waals surface area contributed by atoms with Gasteiger partial charge in [0.25, 0.3) is 0 Å². The van der Waals surface area contributed by atoms with Gasteiger partial charge in [-0.15, -0.1) is 11.6 Å². The van der Waals surface area contributed by atoms with Crippen molar-refractivity contribution in [3.63, 3.8) is 0 Å². The SMILES string of the molecule is CCCCO[PH](=O)C(O)CCl. The smallest absolute Gasteiger partial charge is 0.220 e. The zero-order valence-electron chi connectivity index (χ0n) is 6.55. The third-order valence-electron chi connectivity index (χ3n) is 1.16. The molecular weight excluding hydrogens is 186 g/mol. The molecule has 2 atom stereocenters. The zero-order valence-corrected chi connectivity index (χ0v) is 8.30. The van der Waals surface area contributed by atoms with Gasteiger partial charge in [0, 0.05) is 0 Å². The quantitative estimate of drug-likeness (QED) is 0.404. The van der Waals surface area contributed by atoms with Crippen molar-refractivity contribution in [3.8, 4) is 0 Å². The molecule has 11 heavy (non-hydrogen) atoms. The fourth-order valence-corrected chi connectivity index (χ4v) is 1.52. The van der Waals surface area contributed by atoms with E-state index in [1.54, 1.807) is 0 Å². The first kappa shape index (κ1) is 11.4.